The Labute approximate surface area is 95.7 Å². The Hall–Kier alpha value is 0.160. The Bertz CT molecular complexity index is 197. The Morgan fingerprint density at radius 1 is 1.36 bits per heavy atom. The largest absolute Gasteiger partial charge is 0.378 e. The number of nitrogens with one attached hydrogen (secondary N) is 1. The van der Waals surface area contributed by atoms with E-state index in [0.29, 0.717) is 0 Å². The third-order valence-corrected chi connectivity index (χ3v) is 3.37. The Morgan fingerprint density at radius 3 is 2.43 bits per heavy atom. The summed E-state index contributed by atoms with van der Waals surface area (Å²) in [6.45, 7) is 9.79. The van der Waals surface area contributed by atoms with E-state index in [1.54, 1.807) is 11.9 Å². The topological polar surface area (TPSA) is 24.5 Å². The molecule has 0 atom stereocenters. The second-order valence-electron chi connectivity index (χ2n) is 4.32. The van der Waals surface area contributed by atoms with Gasteiger partial charge in [0.15, 0.2) is 4.32 Å². The van der Waals surface area contributed by atoms with Gasteiger partial charge in [-0.3, -0.25) is 4.72 Å². The Kier molecular flexibility index (Phi) is 4.63. The molecule has 0 unspecified atom stereocenters. The molecule has 82 valence electrons. The van der Waals surface area contributed by atoms with Crippen LogP contribution in [-0.4, -0.2) is 41.1 Å². The fourth-order valence-corrected chi connectivity index (χ4v) is 2.02. The van der Waals surface area contributed by atoms with E-state index < -0.39 is 0 Å². The summed E-state index contributed by atoms with van der Waals surface area (Å²) in [5.74, 6) is 0. The molecular weight excluding hydrogens is 216 g/mol. The zero-order valence-electron chi connectivity index (χ0n) is 9.00. The van der Waals surface area contributed by atoms with Gasteiger partial charge in [-0.15, -0.1) is 0 Å². The fourth-order valence-electron chi connectivity index (χ4n) is 1.01. The fraction of sp³-hybridized carbons (Fsp3) is 0.889. The molecule has 0 aromatic rings. The molecule has 1 heterocycles. The van der Waals surface area contributed by atoms with Crippen LogP contribution in [0.25, 0.3) is 0 Å². The molecule has 3 nitrogen and oxygen atoms in total. The molecule has 0 amide bonds. The Balaban J connectivity index is 2.27. The molecule has 5 heteroatoms. The van der Waals surface area contributed by atoms with Crippen molar-refractivity contribution in [2.24, 2.45) is 0 Å². The van der Waals surface area contributed by atoms with Crippen molar-refractivity contribution in [1.82, 2.24) is 9.62 Å². The highest BCUT2D eigenvalue weighted by molar-refractivity contribution is 8.21. The first-order valence-electron chi connectivity index (χ1n) is 4.80. The number of hydrogen-bond donors (Lipinski definition) is 1. The molecule has 1 aliphatic rings. The number of hydrogen-bond acceptors (Lipinski definition) is 4. The maximum absolute atomic E-state index is 5.31. The molecule has 0 saturated carbocycles. The van der Waals surface area contributed by atoms with Crippen molar-refractivity contribution in [3.63, 3.8) is 0 Å². The Morgan fingerprint density at radius 2 is 1.93 bits per heavy atom. The summed E-state index contributed by atoms with van der Waals surface area (Å²) in [4.78, 5) is 2.18. The second kappa shape index (κ2) is 5.30. The monoisotopic (exact) mass is 234 g/mol. The van der Waals surface area contributed by atoms with Gasteiger partial charge in [0.2, 0.25) is 0 Å². The van der Waals surface area contributed by atoms with Crippen molar-refractivity contribution in [2.45, 2.75) is 26.3 Å². The molecule has 14 heavy (non-hydrogen) atoms. The SMILES string of the molecule is CC(C)(C)NSC(=S)N1CCOCC1. The van der Waals surface area contributed by atoms with E-state index in [0.717, 1.165) is 30.6 Å². The van der Waals surface area contributed by atoms with E-state index in [2.05, 4.69) is 30.4 Å². The average molecular weight is 234 g/mol. The van der Waals surface area contributed by atoms with E-state index in [4.69, 9.17) is 17.0 Å². The van der Waals surface area contributed by atoms with Gasteiger partial charge in [0, 0.05) is 18.6 Å². The summed E-state index contributed by atoms with van der Waals surface area (Å²) in [5.41, 5.74) is 0.0982. The highest BCUT2D eigenvalue weighted by Gasteiger charge is 2.16. The zero-order valence-corrected chi connectivity index (χ0v) is 10.6. The van der Waals surface area contributed by atoms with Crippen LogP contribution >= 0.6 is 24.2 Å². The molecule has 0 radical (unpaired) electrons. The number of rotatable bonds is 1. The van der Waals surface area contributed by atoms with Crippen molar-refractivity contribution in [3.8, 4) is 0 Å². The predicted molar refractivity (Wildman–Crippen MR) is 65.5 cm³/mol. The summed E-state index contributed by atoms with van der Waals surface area (Å²) < 4.78 is 9.50. The summed E-state index contributed by atoms with van der Waals surface area (Å²) in [6, 6.07) is 0. The molecular formula is C9H18N2OS2. The molecule has 0 aliphatic carbocycles. The molecule has 1 N–H and O–H groups in total. The average Bonchev–Trinajstić information content (AvgIpc) is 2.14. The van der Waals surface area contributed by atoms with Crippen molar-refractivity contribution < 1.29 is 4.74 Å². The first-order valence-corrected chi connectivity index (χ1v) is 6.02. The lowest BCUT2D eigenvalue weighted by Crippen LogP contribution is -2.41. The van der Waals surface area contributed by atoms with Gasteiger partial charge in [0.25, 0.3) is 0 Å². The number of morpholine rings is 1. The molecule has 0 bridgehead atoms. The van der Waals surface area contributed by atoms with Gasteiger partial charge < -0.3 is 9.64 Å². The van der Waals surface area contributed by atoms with Crippen molar-refractivity contribution in [2.75, 3.05) is 26.3 Å². The number of thiocarbonyl (C=S) groups is 1. The standard InChI is InChI=1S/C9H18N2OS2/c1-9(2,3)10-14-8(13)11-4-6-12-7-5-11/h10H,4-7H2,1-3H3. The summed E-state index contributed by atoms with van der Waals surface area (Å²) in [6.07, 6.45) is 0. The minimum Gasteiger partial charge on any atom is -0.378 e. The van der Waals surface area contributed by atoms with E-state index in [-0.39, 0.29) is 5.54 Å². The summed E-state index contributed by atoms with van der Waals surface area (Å²) in [7, 11) is 0. The van der Waals surface area contributed by atoms with Crippen molar-refractivity contribution >= 4 is 28.5 Å². The number of ether oxygens (including phenoxy) is 1. The van der Waals surface area contributed by atoms with Gasteiger partial charge in [0.05, 0.1) is 13.2 Å². The third kappa shape index (κ3) is 4.59. The maximum atomic E-state index is 5.31. The zero-order chi connectivity index (χ0) is 10.6. The highest BCUT2D eigenvalue weighted by atomic mass is 32.2. The van der Waals surface area contributed by atoms with Gasteiger partial charge in [-0.25, -0.2) is 0 Å². The molecule has 1 fully saturated rings. The molecule has 1 saturated heterocycles. The molecule has 0 spiro atoms. The van der Waals surface area contributed by atoms with Crippen LogP contribution < -0.4 is 4.72 Å². The first kappa shape index (κ1) is 12.2. The van der Waals surface area contributed by atoms with Crippen LogP contribution in [0.4, 0.5) is 0 Å². The minimum atomic E-state index is 0.0982. The van der Waals surface area contributed by atoms with Crippen LogP contribution in [0.15, 0.2) is 0 Å². The lowest BCUT2D eigenvalue weighted by atomic mass is 10.1. The lowest BCUT2D eigenvalue weighted by Gasteiger charge is -2.30. The summed E-state index contributed by atoms with van der Waals surface area (Å²) >= 11 is 6.85. The smallest absolute Gasteiger partial charge is 0.151 e. The minimum absolute atomic E-state index is 0.0982. The molecule has 0 aromatic heterocycles. The highest BCUT2D eigenvalue weighted by Crippen LogP contribution is 2.12. The van der Waals surface area contributed by atoms with Crippen molar-refractivity contribution in [1.29, 1.82) is 0 Å². The van der Waals surface area contributed by atoms with Crippen molar-refractivity contribution in [3.05, 3.63) is 0 Å². The van der Waals surface area contributed by atoms with E-state index in [9.17, 15) is 0 Å². The maximum Gasteiger partial charge on any atom is 0.151 e. The van der Waals surface area contributed by atoms with Gasteiger partial charge in [0.1, 0.15) is 0 Å². The molecule has 0 aromatic carbocycles. The van der Waals surface area contributed by atoms with Crippen LogP contribution in [0.3, 0.4) is 0 Å². The lowest BCUT2D eigenvalue weighted by molar-refractivity contribution is 0.0702. The van der Waals surface area contributed by atoms with Gasteiger partial charge in [-0.05, 0) is 32.7 Å². The van der Waals surface area contributed by atoms with Crippen LogP contribution in [0.2, 0.25) is 0 Å². The first-order chi connectivity index (χ1) is 6.49. The predicted octanol–water partition coefficient (Wildman–Crippen LogP) is 1.64. The second-order valence-corrected chi connectivity index (χ2v) is 5.76. The van der Waals surface area contributed by atoms with E-state index in [1.807, 2.05) is 0 Å². The molecule has 1 rings (SSSR count). The normalized spacial score (nSPS) is 18.4. The van der Waals surface area contributed by atoms with E-state index >= 15 is 0 Å². The summed E-state index contributed by atoms with van der Waals surface area (Å²) in [5, 5.41) is 0. The molecule has 1 aliphatic heterocycles. The van der Waals surface area contributed by atoms with Crippen LogP contribution in [0.5, 0.6) is 0 Å². The van der Waals surface area contributed by atoms with Gasteiger partial charge in [-0.1, -0.05) is 12.2 Å². The van der Waals surface area contributed by atoms with Crippen LogP contribution in [0.1, 0.15) is 20.8 Å². The van der Waals surface area contributed by atoms with E-state index in [1.165, 1.54) is 0 Å². The van der Waals surface area contributed by atoms with Crippen LogP contribution in [-0.2, 0) is 4.74 Å². The van der Waals surface area contributed by atoms with Gasteiger partial charge in [-0.2, -0.15) is 0 Å². The third-order valence-electron chi connectivity index (χ3n) is 1.71. The van der Waals surface area contributed by atoms with Crippen LogP contribution in [0, 0.1) is 0 Å². The van der Waals surface area contributed by atoms with Gasteiger partial charge >= 0.3 is 0 Å². The quantitative estimate of drug-likeness (QED) is 0.549. The number of nitrogens with zero attached hydrogens (tertiary/aromatic N) is 1.